The van der Waals surface area contributed by atoms with Gasteiger partial charge in [-0.1, -0.05) is 18.2 Å². The standard InChI is InChI=1S/C14H19N5O4/c15-11(20)12(21)17-8-4-5-9-18-13(22)14(23)19(16)10-6-2-1-3-7-10/h1-3,6-7H,4-5,8-9,16H2,(H2,15,20)(H,17,21)(H,18,22). The second-order valence-corrected chi connectivity index (χ2v) is 4.59. The topological polar surface area (TPSA) is 148 Å². The largest absolute Gasteiger partial charge is 0.361 e. The molecule has 4 amide bonds. The number of amides is 4. The van der Waals surface area contributed by atoms with E-state index in [9.17, 15) is 19.2 Å². The lowest BCUT2D eigenvalue weighted by Gasteiger charge is -2.15. The van der Waals surface area contributed by atoms with E-state index in [0.29, 0.717) is 18.5 Å². The van der Waals surface area contributed by atoms with Gasteiger partial charge in [0.1, 0.15) is 0 Å². The Balaban J connectivity index is 2.25. The highest BCUT2D eigenvalue weighted by Crippen LogP contribution is 2.09. The summed E-state index contributed by atoms with van der Waals surface area (Å²) in [7, 11) is 0. The zero-order valence-electron chi connectivity index (χ0n) is 12.5. The molecule has 1 aromatic carbocycles. The number of nitrogens with one attached hydrogen (secondary N) is 2. The summed E-state index contributed by atoms with van der Waals surface area (Å²) in [4.78, 5) is 44.8. The van der Waals surface area contributed by atoms with Gasteiger partial charge in [-0.05, 0) is 25.0 Å². The summed E-state index contributed by atoms with van der Waals surface area (Å²) in [5, 5.41) is 5.51. The highest BCUT2D eigenvalue weighted by molar-refractivity contribution is 6.40. The third-order valence-electron chi connectivity index (χ3n) is 2.85. The number of carbonyl (C=O) groups excluding carboxylic acids is 4. The van der Waals surface area contributed by atoms with Gasteiger partial charge < -0.3 is 16.4 Å². The first-order chi connectivity index (χ1) is 10.9. The van der Waals surface area contributed by atoms with Crippen LogP contribution in [0.1, 0.15) is 12.8 Å². The van der Waals surface area contributed by atoms with Crippen molar-refractivity contribution in [2.45, 2.75) is 12.8 Å². The summed E-state index contributed by atoms with van der Waals surface area (Å²) in [5.74, 6) is 1.98. The fourth-order valence-corrected chi connectivity index (χ4v) is 1.63. The minimum Gasteiger partial charge on any atom is -0.361 e. The zero-order chi connectivity index (χ0) is 17.2. The van der Waals surface area contributed by atoms with Gasteiger partial charge in [0.2, 0.25) is 0 Å². The molecule has 0 heterocycles. The van der Waals surface area contributed by atoms with Gasteiger partial charge in [0.25, 0.3) is 0 Å². The molecular formula is C14H19N5O4. The van der Waals surface area contributed by atoms with Crippen LogP contribution in [0.3, 0.4) is 0 Å². The van der Waals surface area contributed by atoms with E-state index in [-0.39, 0.29) is 13.1 Å². The molecule has 0 bridgehead atoms. The van der Waals surface area contributed by atoms with Crippen molar-refractivity contribution in [1.29, 1.82) is 0 Å². The maximum absolute atomic E-state index is 11.8. The minimum atomic E-state index is -1.05. The van der Waals surface area contributed by atoms with E-state index < -0.39 is 23.6 Å². The fourth-order valence-electron chi connectivity index (χ4n) is 1.63. The number of benzene rings is 1. The Kier molecular flexibility index (Phi) is 7.21. The Morgan fingerprint density at radius 3 is 1.96 bits per heavy atom. The minimum absolute atomic E-state index is 0.236. The molecule has 23 heavy (non-hydrogen) atoms. The fraction of sp³-hybridized carbons (Fsp3) is 0.286. The summed E-state index contributed by atoms with van der Waals surface area (Å²) >= 11 is 0. The number of primary amides is 1. The van der Waals surface area contributed by atoms with Gasteiger partial charge in [-0.15, -0.1) is 0 Å². The van der Waals surface area contributed by atoms with E-state index in [1.807, 2.05) is 0 Å². The monoisotopic (exact) mass is 321 g/mol. The lowest BCUT2D eigenvalue weighted by molar-refractivity contribution is -0.137. The van der Waals surface area contributed by atoms with Gasteiger partial charge in [0.05, 0.1) is 5.69 Å². The molecule has 0 radical (unpaired) electrons. The number of anilines is 1. The van der Waals surface area contributed by atoms with E-state index in [1.54, 1.807) is 30.3 Å². The molecule has 0 aliphatic rings. The van der Waals surface area contributed by atoms with Crippen LogP contribution in [0, 0.1) is 0 Å². The predicted molar refractivity (Wildman–Crippen MR) is 82.6 cm³/mol. The number of carbonyl (C=O) groups is 4. The molecule has 124 valence electrons. The van der Waals surface area contributed by atoms with E-state index in [0.717, 1.165) is 5.01 Å². The number of nitrogens with zero attached hydrogens (tertiary/aromatic N) is 1. The van der Waals surface area contributed by atoms with Gasteiger partial charge in [0, 0.05) is 13.1 Å². The summed E-state index contributed by atoms with van der Waals surface area (Å²) in [6, 6.07) is 8.36. The first-order valence-corrected chi connectivity index (χ1v) is 6.93. The van der Waals surface area contributed by atoms with Crippen molar-refractivity contribution >= 4 is 29.3 Å². The van der Waals surface area contributed by atoms with Crippen molar-refractivity contribution < 1.29 is 19.2 Å². The number of unbranched alkanes of at least 4 members (excludes halogenated alkanes) is 1. The third kappa shape index (κ3) is 6.14. The molecule has 6 N–H and O–H groups in total. The second-order valence-electron chi connectivity index (χ2n) is 4.59. The molecule has 0 aromatic heterocycles. The second kappa shape index (κ2) is 9.15. The van der Waals surface area contributed by atoms with Crippen molar-refractivity contribution in [2.75, 3.05) is 18.1 Å². The van der Waals surface area contributed by atoms with Gasteiger partial charge in [-0.2, -0.15) is 0 Å². The van der Waals surface area contributed by atoms with E-state index >= 15 is 0 Å². The maximum Gasteiger partial charge on any atom is 0.330 e. The van der Waals surface area contributed by atoms with Crippen molar-refractivity contribution in [3.8, 4) is 0 Å². The zero-order valence-corrected chi connectivity index (χ0v) is 12.5. The molecule has 0 saturated heterocycles. The van der Waals surface area contributed by atoms with Gasteiger partial charge in [-0.25, -0.2) is 10.9 Å². The summed E-state index contributed by atoms with van der Waals surface area (Å²) in [6.07, 6.45) is 1.02. The lowest BCUT2D eigenvalue weighted by Crippen LogP contribution is -2.47. The molecule has 9 nitrogen and oxygen atoms in total. The van der Waals surface area contributed by atoms with Crippen molar-refractivity contribution in [1.82, 2.24) is 10.6 Å². The lowest BCUT2D eigenvalue weighted by atomic mass is 10.3. The van der Waals surface area contributed by atoms with Gasteiger partial charge in [-0.3, -0.25) is 19.2 Å². The van der Waals surface area contributed by atoms with Crippen LogP contribution in [0.25, 0.3) is 0 Å². The smallest absolute Gasteiger partial charge is 0.330 e. The SMILES string of the molecule is NC(=O)C(=O)NCCCCNC(=O)C(=O)N(N)c1ccccc1. The van der Waals surface area contributed by atoms with E-state index in [4.69, 9.17) is 11.6 Å². The van der Waals surface area contributed by atoms with Crippen LogP contribution < -0.4 is 27.2 Å². The van der Waals surface area contributed by atoms with Crippen molar-refractivity contribution in [3.05, 3.63) is 30.3 Å². The summed E-state index contributed by atoms with van der Waals surface area (Å²) in [5.41, 5.74) is 5.17. The number of hydrazine groups is 1. The first kappa shape index (κ1) is 18.1. The normalized spacial score (nSPS) is 9.78. The number of nitrogens with two attached hydrogens (primary N) is 2. The van der Waals surface area contributed by atoms with Crippen molar-refractivity contribution in [2.24, 2.45) is 11.6 Å². The Hall–Kier alpha value is -2.94. The summed E-state index contributed by atoms with van der Waals surface area (Å²) in [6.45, 7) is 0.484. The molecule has 0 spiro atoms. The number of hydrogen-bond donors (Lipinski definition) is 4. The van der Waals surface area contributed by atoms with E-state index in [2.05, 4.69) is 10.6 Å². The first-order valence-electron chi connectivity index (χ1n) is 6.93. The van der Waals surface area contributed by atoms with Crippen LogP contribution in [0.15, 0.2) is 30.3 Å². The molecule has 0 atom stereocenters. The van der Waals surface area contributed by atoms with Crippen LogP contribution in [0.2, 0.25) is 0 Å². The predicted octanol–water partition coefficient (Wildman–Crippen LogP) is -1.61. The molecule has 0 fully saturated rings. The molecule has 0 unspecified atom stereocenters. The molecule has 0 aliphatic carbocycles. The molecular weight excluding hydrogens is 302 g/mol. The Morgan fingerprint density at radius 2 is 1.43 bits per heavy atom. The molecule has 9 heteroatoms. The Bertz CT molecular complexity index is 576. The Morgan fingerprint density at radius 1 is 0.913 bits per heavy atom. The quantitative estimate of drug-likeness (QED) is 0.164. The van der Waals surface area contributed by atoms with E-state index in [1.165, 1.54) is 0 Å². The molecule has 0 aliphatic heterocycles. The highest BCUT2D eigenvalue weighted by Gasteiger charge is 2.19. The number of hydrogen-bond acceptors (Lipinski definition) is 5. The summed E-state index contributed by atoms with van der Waals surface area (Å²) < 4.78 is 0. The Labute approximate surface area is 133 Å². The van der Waals surface area contributed by atoms with Crippen molar-refractivity contribution in [3.63, 3.8) is 0 Å². The third-order valence-corrected chi connectivity index (χ3v) is 2.85. The number of rotatable bonds is 6. The number of para-hydroxylation sites is 1. The van der Waals surface area contributed by atoms with Crippen LogP contribution in [-0.2, 0) is 19.2 Å². The van der Waals surface area contributed by atoms with Crippen LogP contribution in [-0.4, -0.2) is 36.7 Å². The van der Waals surface area contributed by atoms with Gasteiger partial charge >= 0.3 is 23.6 Å². The molecule has 1 rings (SSSR count). The van der Waals surface area contributed by atoms with Crippen LogP contribution in [0.5, 0.6) is 0 Å². The average molecular weight is 321 g/mol. The maximum atomic E-state index is 11.8. The van der Waals surface area contributed by atoms with Crippen LogP contribution in [0.4, 0.5) is 5.69 Å². The van der Waals surface area contributed by atoms with Crippen LogP contribution >= 0.6 is 0 Å². The van der Waals surface area contributed by atoms with Gasteiger partial charge in [0.15, 0.2) is 0 Å². The molecule has 1 aromatic rings. The molecule has 0 saturated carbocycles. The highest BCUT2D eigenvalue weighted by atomic mass is 16.2. The average Bonchev–Trinajstić information content (AvgIpc) is 2.56.